The monoisotopic (exact) mass is 397 g/mol. The number of benzene rings is 1. The van der Waals surface area contributed by atoms with E-state index in [1.165, 1.54) is 6.20 Å². The van der Waals surface area contributed by atoms with E-state index in [-0.39, 0.29) is 24.2 Å². The lowest BCUT2D eigenvalue weighted by Gasteiger charge is -2.23. The Morgan fingerprint density at radius 3 is 2.34 bits per heavy atom. The molecule has 1 heterocycles. The van der Waals surface area contributed by atoms with E-state index < -0.39 is 19.1 Å². The topological polar surface area (TPSA) is 112 Å². The number of nitrogens with one attached hydrogen (secondary N) is 2. The van der Waals surface area contributed by atoms with Crippen LogP contribution in [0, 0.1) is 12.8 Å². The minimum Gasteiger partial charge on any atom is -0.426 e. The highest BCUT2D eigenvalue weighted by atomic mass is 16.4. The van der Waals surface area contributed by atoms with E-state index in [1.54, 1.807) is 18.3 Å². The van der Waals surface area contributed by atoms with Crippen LogP contribution in [-0.4, -0.2) is 39.9 Å². The zero-order valence-corrected chi connectivity index (χ0v) is 17.0. The van der Waals surface area contributed by atoms with Crippen molar-refractivity contribution in [1.82, 2.24) is 15.6 Å². The highest BCUT2D eigenvalue weighted by Gasteiger charge is 2.27. The first kappa shape index (κ1) is 22.6. The number of rotatable bonds is 9. The summed E-state index contributed by atoms with van der Waals surface area (Å²) in [6, 6.07) is 10.3. The van der Waals surface area contributed by atoms with Crippen LogP contribution in [0.3, 0.4) is 0 Å². The van der Waals surface area contributed by atoms with Gasteiger partial charge in [-0.25, -0.2) is 0 Å². The van der Waals surface area contributed by atoms with E-state index in [0.29, 0.717) is 12.0 Å². The van der Waals surface area contributed by atoms with Crippen LogP contribution in [0.5, 0.6) is 0 Å². The standard InChI is InChI=1S/C21H28BN3O4/c1-14(2)11-19(22(28)29)25-20(26)12-18(16-8-6-15(3)7-9-16)24-21(27)17-5-4-10-23-13-17/h4-10,13-14,18-19,28-29H,11-12H2,1-3H3,(H,24,27)(H,25,26)/t18?,19-/m0/s1. The maximum atomic E-state index is 12.6. The van der Waals surface area contributed by atoms with Crippen molar-refractivity contribution in [3.63, 3.8) is 0 Å². The maximum absolute atomic E-state index is 12.6. The number of hydrogen-bond donors (Lipinski definition) is 4. The highest BCUT2D eigenvalue weighted by Crippen LogP contribution is 2.19. The minimum absolute atomic E-state index is 0.0314. The molecular formula is C21H28BN3O4. The molecule has 0 fully saturated rings. The van der Waals surface area contributed by atoms with Gasteiger partial charge in [-0.2, -0.15) is 0 Å². The van der Waals surface area contributed by atoms with Crippen molar-refractivity contribution in [2.75, 3.05) is 0 Å². The molecule has 0 aliphatic carbocycles. The Morgan fingerprint density at radius 2 is 1.79 bits per heavy atom. The summed E-state index contributed by atoms with van der Waals surface area (Å²) < 4.78 is 0. The first-order chi connectivity index (χ1) is 13.8. The predicted molar refractivity (Wildman–Crippen MR) is 112 cm³/mol. The van der Waals surface area contributed by atoms with Crippen molar-refractivity contribution < 1.29 is 19.6 Å². The molecule has 4 N–H and O–H groups in total. The smallest absolute Gasteiger partial charge is 0.426 e. The lowest BCUT2D eigenvalue weighted by Crippen LogP contribution is -2.48. The molecule has 8 heteroatoms. The minimum atomic E-state index is -1.65. The number of aryl methyl sites for hydroxylation is 1. The summed E-state index contributed by atoms with van der Waals surface area (Å²) in [5.41, 5.74) is 2.25. The fraction of sp³-hybridized carbons (Fsp3) is 0.381. The van der Waals surface area contributed by atoms with Crippen molar-refractivity contribution in [3.8, 4) is 0 Å². The van der Waals surface area contributed by atoms with Crippen LogP contribution in [0.4, 0.5) is 0 Å². The second-order valence-corrected chi connectivity index (χ2v) is 7.60. The number of amides is 2. The van der Waals surface area contributed by atoms with E-state index in [2.05, 4.69) is 15.6 Å². The molecular weight excluding hydrogens is 369 g/mol. The SMILES string of the molecule is Cc1ccc(C(CC(=O)N[C@@H](CC(C)C)B(O)O)NC(=O)c2cccnc2)cc1. The molecule has 1 aromatic carbocycles. The van der Waals surface area contributed by atoms with E-state index >= 15 is 0 Å². The molecule has 29 heavy (non-hydrogen) atoms. The summed E-state index contributed by atoms with van der Waals surface area (Å²) in [6.07, 6.45) is 3.44. The third-order valence-electron chi connectivity index (χ3n) is 4.53. The lowest BCUT2D eigenvalue weighted by molar-refractivity contribution is -0.122. The summed E-state index contributed by atoms with van der Waals surface area (Å²) in [5.74, 6) is -1.30. The Morgan fingerprint density at radius 1 is 1.10 bits per heavy atom. The molecule has 0 saturated heterocycles. The van der Waals surface area contributed by atoms with Crippen molar-refractivity contribution >= 4 is 18.9 Å². The fourth-order valence-corrected chi connectivity index (χ4v) is 3.00. The Balaban J connectivity index is 2.15. The molecule has 0 bridgehead atoms. The van der Waals surface area contributed by atoms with E-state index in [4.69, 9.17) is 0 Å². The van der Waals surface area contributed by atoms with Gasteiger partial charge in [0.1, 0.15) is 0 Å². The molecule has 0 saturated carbocycles. The average Bonchev–Trinajstić information content (AvgIpc) is 2.67. The molecule has 1 aromatic heterocycles. The van der Waals surface area contributed by atoms with E-state index in [9.17, 15) is 19.6 Å². The molecule has 0 radical (unpaired) electrons. The number of aromatic nitrogens is 1. The number of nitrogens with zero attached hydrogens (tertiary/aromatic N) is 1. The molecule has 2 aromatic rings. The van der Waals surface area contributed by atoms with Crippen LogP contribution >= 0.6 is 0 Å². The molecule has 0 spiro atoms. The zero-order valence-electron chi connectivity index (χ0n) is 17.0. The Hall–Kier alpha value is -2.71. The summed E-state index contributed by atoms with van der Waals surface area (Å²) >= 11 is 0. The van der Waals surface area contributed by atoms with Gasteiger partial charge < -0.3 is 20.7 Å². The van der Waals surface area contributed by atoms with Crippen molar-refractivity contribution in [2.45, 2.75) is 45.6 Å². The van der Waals surface area contributed by atoms with Crippen LogP contribution < -0.4 is 10.6 Å². The van der Waals surface area contributed by atoms with Crippen molar-refractivity contribution in [1.29, 1.82) is 0 Å². The van der Waals surface area contributed by atoms with Gasteiger partial charge >= 0.3 is 7.12 Å². The summed E-state index contributed by atoms with van der Waals surface area (Å²) in [7, 11) is -1.65. The molecule has 2 rings (SSSR count). The molecule has 0 aliphatic rings. The first-order valence-corrected chi connectivity index (χ1v) is 9.69. The third kappa shape index (κ3) is 7.32. The van der Waals surface area contributed by atoms with E-state index in [0.717, 1.165) is 11.1 Å². The molecule has 2 atom stereocenters. The van der Waals surface area contributed by atoms with Gasteiger partial charge in [-0.15, -0.1) is 0 Å². The van der Waals surface area contributed by atoms with E-state index in [1.807, 2.05) is 45.0 Å². The fourth-order valence-electron chi connectivity index (χ4n) is 3.00. The van der Waals surface area contributed by atoms with Gasteiger partial charge in [-0.1, -0.05) is 43.7 Å². The first-order valence-electron chi connectivity index (χ1n) is 9.69. The second-order valence-electron chi connectivity index (χ2n) is 7.60. The van der Waals surface area contributed by atoms with Crippen LogP contribution in [0.2, 0.25) is 0 Å². The Bertz CT molecular complexity index is 797. The van der Waals surface area contributed by atoms with Crippen LogP contribution in [0.15, 0.2) is 48.8 Å². The van der Waals surface area contributed by atoms with Crippen LogP contribution in [0.1, 0.15) is 54.2 Å². The van der Waals surface area contributed by atoms with Crippen molar-refractivity contribution in [3.05, 3.63) is 65.5 Å². The predicted octanol–water partition coefficient (Wildman–Crippen LogP) is 1.79. The Labute approximate surface area is 171 Å². The van der Waals surface area contributed by atoms with Gasteiger partial charge in [0.25, 0.3) is 5.91 Å². The second kappa shape index (κ2) is 10.7. The highest BCUT2D eigenvalue weighted by molar-refractivity contribution is 6.43. The third-order valence-corrected chi connectivity index (χ3v) is 4.53. The normalized spacial score (nSPS) is 12.9. The number of pyridine rings is 1. The quantitative estimate of drug-likeness (QED) is 0.482. The average molecular weight is 397 g/mol. The molecule has 7 nitrogen and oxygen atoms in total. The largest absolute Gasteiger partial charge is 0.475 e. The molecule has 1 unspecified atom stereocenters. The van der Waals surface area contributed by atoms with Crippen molar-refractivity contribution in [2.24, 2.45) is 5.92 Å². The molecule has 2 amide bonds. The number of hydrogen-bond acceptors (Lipinski definition) is 5. The lowest BCUT2D eigenvalue weighted by atomic mass is 9.75. The number of carbonyl (C=O) groups excluding carboxylic acids is 2. The maximum Gasteiger partial charge on any atom is 0.475 e. The van der Waals surface area contributed by atoms with Crippen LogP contribution in [-0.2, 0) is 4.79 Å². The molecule has 154 valence electrons. The van der Waals surface area contributed by atoms with Gasteiger partial charge in [0, 0.05) is 12.4 Å². The van der Waals surface area contributed by atoms with Gasteiger partial charge in [0.05, 0.1) is 24.0 Å². The number of carbonyl (C=O) groups is 2. The van der Waals surface area contributed by atoms with Gasteiger partial charge in [-0.3, -0.25) is 14.6 Å². The summed E-state index contributed by atoms with van der Waals surface area (Å²) in [5, 5.41) is 24.6. The summed E-state index contributed by atoms with van der Waals surface area (Å²) in [6.45, 7) is 5.83. The van der Waals surface area contributed by atoms with Gasteiger partial charge in [-0.05, 0) is 37.0 Å². The zero-order chi connectivity index (χ0) is 21.4. The Kier molecular flexibility index (Phi) is 8.36. The van der Waals surface area contributed by atoms with Gasteiger partial charge in [0.2, 0.25) is 5.91 Å². The summed E-state index contributed by atoms with van der Waals surface area (Å²) in [4.78, 5) is 29.1. The molecule has 0 aliphatic heterocycles. The van der Waals surface area contributed by atoms with Crippen LogP contribution in [0.25, 0.3) is 0 Å². The van der Waals surface area contributed by atoms with Gasteiger partial charge in [0.15, 0.2) is 0 Å².